The molecule has 0 N–H and O–H groups in total. The molecule has 1 rings (SSSR count). The van der Waals surface area contributed by atoms with E-state index in [4.69, 9.17) is 9.47 Å². The molecule has 2 heteroatoms. The number of hydrogen-bond acceptors (Lipinski definition) is 2. The van der Waals surface area contributed by atoms with Crippen LogP contribution in [0.5, 0.6) is 0 Å². The SMILES string of the molecule is C.CCCCCCCCCCCCCCCCCCOCC1CO1. The van der Waals surface area contributed by atoms with Gasteiger partial charge in [-0.3, -0.25) is 0 Å². The van der Waals surface area contributed by atoms with Crippen LogP contribution in [0.1, 0.15) is 117 Å². The zero-order valence-corrected chi connectivity index (χ0v) is 15.8. The maximum atomic E-state index is 5.55. The molecule has 0 bridgehead atoms. The Hall–Kier alpha value is -0.0800. The molecular weight excluding hydrogens is 296 g/mol. The van der Waals surface area contributed by atoms with E-state index in [1.54, 1.807) is 0 Å². The summed E-state index contributed by atoms with van der Waals surface area (Å²) in [6, 6.07) is 0. The predicted molar refractivity (Wildman–Crippen MR) is 107 cm³/mol. The summed E-state index contributed by atoms with van der Waals surface area (Å²) in [5.74, 6) is 0. The molecule has 2 nitrogen and oxygen atoms in total. The highest BCUT2D eigenvalue weighted by molar-refractivity contribution is 4.67. The van der Waals surface area contributed by atoms with Crippen LogP contribution in [0.15, 0.2) is 0 Å². The monoisotopic (exact) mass is 342 g/mol. The van der Waals surface area contributed by atoms with Crippen LogP contribution in [-0.2, 0) is 9.47 Å². The number of epoxide rings is 1. The maximum absolute atomic E-state index is 5.55. The normalized spacial score (nSPS) is 16.1. The third-order valence-electron chi connectivity index (χ3n) is 4.85. The van der Waals surface area contributed by atoms with Gasteiger partial charge in [0.25, 0.3) is 0 Å². The van der Waals surface area contributed by atoms with Crippen molar-refractivity contribution >= 4 is 0 Å². The van der Waals surface area contributed by atoms with Crippen molar-refractivity contribution in [1.29, 1.82) is 0 Å². The Labute approximate surface area is 153 Å². The Morgan fingerprint density at radius 2 is 1.04 bits per heavy atom. The lowest BCUT2D eigenvalue weighted by Gasteiger charge is -2.04. The van der Waals surface area contributed by atoms with Crippen molar-refractivity contribution in [3.05, 3.63) is 0 Å². The van der Waals surface area contributed by atoms with Crippen LogP contribution in [0.25, 0.3) is 0 Å². The molecule has 1 saturated heterocycles. The molecule has 0 aromatic carbocycles. The molecule has 1 aliphatic heterocycles. The Bertz CT molecular complexity index is 226. The Morgan fingerprint density at radius 3 is 1.42 bits per heavy atom. The molecule has 0 saturated carbocycles. The van der Waals surface area contributed by atoms with Crippen molar-refractivity contribution in [2.24, 2.45) is 0 Å². The van der Waals surface area contributed by atoms with E-state index in [1.807, 2.05) is 0 Å². The minimum atomic E-state index is 0. The van der Waals surface area contributed by atoms with Crippen LogP contribution in [0.3, 0.4) is 0 Å². The molecule has 0 radical (unpaired) electrons. The molecule has 1 heterocycles. The standard InChI is InChI=1S/C21H42O2.CH4/c1-2-3-4-5-6-7-8-9-10-11-12-13-14-15-16-17-18-22-19-21-20-23-21;/h21H,2-20H2,1H3;1H4. The van der Waals surface area contributed by atoms with Crippen molar-refractivity contribution in [3.63, 3.8) is 0 Å². The first-order valence-corrected chi connectivity index (χ1v) is 10.6. The van der Waals surface area contributed by atoms with Gasteiger partial charge in [0.1, 0.15) is 6.10 Å². The molecule has 0 amide bonds. The van der Waals surface area contributed by atoms with Crippen LogP contribution >= 0.6 is 0 Å². The Morgan fingerprint density at radius 1 is 0.667 bits per heavy atom. The van der Waals surface area contributed by atoms with E-state index in [2.05, 4.69) is 6.92 Å². The van der Waals surface area contributed by atoms with E-state index in [9.17, 15) is 0 Å². The molecule has 24 heavy (non-hydrogen) atoms. The predicted octanol–water partition coefficient (Wildman–Crippen LogP) is 7.30. The van der Waals surface area contributed by atoms with Crippen molar-refractivity contribution in [2.75, 3.05) is 19.8 Å². The van der Waals surface area contributed by atoms with Gasteiger partial charge in [-0.2, -0.15) is 0 Å². The molecule has 1 unspecified atom stereocenters. The summed E-state index contributed by atoms with van der Waals surface area (Å²) in [6.45, 7) is 4.95. The molecule has 1 fully saturated rings. The lowest BCUT2D eigenvalue weighted by Crippen LogP contribution is -2.02. The van der Waals surface area contributed by atoms with Gasteiger partial charge < -0.3 is 9.47 Å². The zero-order valence-electron chi connectivity index (χ0n) is 15.8. The largest absolute Gasteiger partial charge is 0.379 e. The lowest BCUT2D eigenvalue weighted by atomic mass is 10.0. The molecule has 0 spiro atoms. The highest BCUT2D eigenvalue weighted by Gasteiger charge is 2.21. The number of unbranched alkanes of at least 4 members (excludes halogenated alkanes) is 15. The second kappa shape index (κ2) is 19.2. The van der Waals surface area contributed by atoms with E-state index in [0.29, 0.717) is 6.10 Å². The molecule has 1 atom stereocenters. The highest BCUT2D eigenvalue weighted by atomic mass is 16.6. The van der Waals surface area contributed by atoms with E-state index in [-0.39, 0.29) is 7.43 Å². The van der Waals surface area contributed by atoms with Crippen LogP contribution < -0.4 is 0 Å². The summed E-state index contributed by atoms with van der Waals surface area (Å²) in [5.41, 5.74) is 0. The van der Waals surface area contributed by atoms with Crippen molar-refractivity contribution in [3.8, 4) is 0 Å². The summed E-state index contributed by atoms with van der Waals surface area (Å²) in [4.78, 5) is 0. The summed E-state index contributed by atoms with van der Waals surface area (Å²) >= 11 is 0. The summed E-state index contributed by atoms with van der Waals surface area (Å²) in [6.07, 6.45) is 23.2. The molecular formula is C22H46O2. The van der Waals surface area contributed by atoms with Crippen LogP contribution in [0.2, 0.25) is 0 Å². The van der Waals surface area contributed by atoms with E-state index < -0.39 is 0 Å². The van der Waals surface area contributed by atoms with Gasteiger partial charge in [0.2, 0.25) is 0 Å². The molecule has 0 aromatic rings. The van der Waals surface area contributed by atoms with Crippen LogP contribution in [0.4, 0.5) is 0 Å². The fraction of sp³-hybridized carbons (Fsp3) is 1.00. The smallest absolute Gasteiger partial charge is 0.104 e. The molecule has 0 aromatic heterocycles. The number of hydrogen-bond donors (Lipinski definition) is 0. The summed E-state index contributed by atoms with van der Waals surface area (Å²) < 4.78 is 10.7. The van der Waals surface area contributed by atoms with Gasteiger partial charge in [0.15, 0.2) is 0 Å². The van der Waals surface area contributed by atoms with Gasteiger partial charge in [0, 0.05) is 6.61 Å². The first-order chi connectivity index (χ1) is 11.4. The topological polar surface area (TPSA) is 21.8 Å². The maximum Gasteiger partial charge on any atom is 0.104 e. The first-order valence-electron chi connectivity index (χ1n) is 10.6. The van der Waals surface area contributed by atoms with E-state index >= 15 is 0 Å². The van der Waals surface area contributed by atoms with Gasteiger partial charge in [-0.25, -0.2) is 0 Å². The second-order valence-electron chi connectivity index (χ2n) is 7.33. The fourth-order valence-corrected chi connectivity index (χ4v) is 3.13. The van der Waals surface area contributed by atoms with Gasteiger partial charge >= 0.3 is 0 Å². The quantitative estimate of drug-likeness (QED) is 0.181. The van der Waals surface area contributed by atoms with Gasteiger partial charge in [0.05, 0.1) is 13.2 Å². The third kappa shape index (κ3) is 18.3. The minimum Gasteiger partial charge on any atom is -0.379 e. The summed E-state index contributed by atoms with van der Waals surface area (Å²) in [5, 5.41) is 0. The molecule has 0 aliphatic carbocycles. The van der Waals surface area contributed by atoms with Gasteiger partial charge in [-0.05, 0) is 6.42 Å². The fourth-order valence-electron chi connectivity index (χ4n) is 3.13. The van der Waals surface area contributed by atoms with Gasteiger partial charge in [-0.15, -0.1) is 0 Å². The van der Waals surface area contributed by atoms with Crippen LogP contribution in [0, 0.1) is 0 Å². The summed E-state index contributed by atoms with van der Waals surface area (Å²) in [7, 11) is 0. The average Bonchev–Trinajstić information content (AvgIpc) is 3.38. The zero-order chi connectivity index (χ0) is 16.4. The minimum absolute atomic E-state index is 0. The van der Waals surface area contributed by atoms with E-state index in [1.165, 1.54) is 103 Å². The Balaban J connectivity index is 0.00000529. The van der Waals surface area contributed by atoms with Crippen molar-refractivity contribution < 1.29 is 9.47 Å². The molecule has 146 valence electrons. The third-order valence-corrected chi connectivity index (χ3v) is 4.85. The Kier molecular flexibility index (Phi) is 19.2. The highest BCUT2D eigenvalue weighted by Crippen LogP contribution is 2.14. The second-order valence-corrected chi connectivity index (χ2v) is 7.33. The average molecular weight is 343 g/mol. The lowest BCUT2D eigenvalue weighted by molar-refractivity contribution is 0.113. The first kappa shape index (κ1) is 23.9. The van der Waals surface area contributed by atoms with Crippen molar-refractivity contribution in [1.82, 2.24) is 0 Å². The van der Waals surface area contributed by atoms with Crippen molar-refractivity contribution in [2.45, 2.75) is 123 Å². The number of ether oxygens (including phenoxy) is 2. The number of rotatable bonds is 19. The van der Waals surface area contributed by atoms with Crippen LogP contribution in [-0.4, -0.2) is 25.9 Å². The molecule has 1 aliphatic rings. The van der Waals surface area contributed by atoms with E-state index in [0.717, 1.165) is 19.8 Å². The van der Waals surface area contributed by atoms with Gasteiger partial charge in [-0.1, -0.05) is 111 Å².